The number of nitrogens with one attached hydrogen (secondary N) is 1. The van der Waals surface area contributed by atoms with Crippen molar-refractivity contribution in [3.05, 3.63) is 40.6 Å². The van der Waals surface area contributed by atoms with Crippen molar-refractivity contribution in [1.29, 1.82) is 0 Å². The zero-order valence-corrected chi connectivity index (χ0v) is 13.8. The number of carbonyl (C=O) groups is 1. The molecule has 22 heavy (non-hydrogen) atoms. The fourth-order valence-corrected chi connectivity index (χ4v) is 3.70. The highest BCUT2D eigenvalue weighted by molar-refractivity contribution is 7.22. The molecule has 0 spiro atoms. The zero-order chi connectivity index (χ0) is 15.4. The normalized spacial score (nSPS) is 10.8. The van der Waals surface area contributed by atoms with E-state index >= 15 is 0 Å². The Balaban J connectivity index is 1.64. The first kappa shape index (κ1) is 15.0. The van der Waals surface area contributed by atoms with Gasteiger partial charge in [-0.1, -0.05) is 11.3 Å². The summed E-state index contributed by atoms with van der Waals surface area (Å²) < 4.78 is 6.49. The van der Waals surface area contributed by atoms with Crippen molar-refractivity contribution in [2.75, 3.05) is 11.9 Å². The number of carbonyl (C=O) groups excluding carboxylic acids is 1. The highest BCUT2D eigenvalue weighted by Gasteiger charge is 2.09. The van der Waals surface area contributed by atoms with E-state index in [-0.39, 0.29) is 5.91 Å². The van der Waals surface area contributed by atoms with Crippen molar-refractivity contribution >= 4 is 43.9 Å². The average molecular weight is 332 g/mol. The first-order chi connectivity index (χ1) is 10.7. The van der Waals surface area contributed by atoms with Crippen LogP contribution in [0.15, 0.2) is 35.0 Å². The van der Waals surface area contributed by atoms with E-state index in [1.54, 1.807) is 11.3 Å². The molecule has 0 unspecified atom stereocenters. The summed E-state index contributed by atoms with van der Waals surface area (Å²) in [6.07, 6.45) is 1.23. The molecule has 0 saturated carbocycles. The first-order valence-electron chi connectivity index (χ1n) is 7.09. The fraction of sp³-hybridized carbons (Fsp3) is 0.250. The Labute approximate surface area is 136 Å². The van der Waals surface area contributed by atoms with Crippen molar-refractivity contribution in [1.82, 2.24) is 4.98 Å². The molecule has 0 aliphatic rings. The lowest BCUT2D eigenvalue weighted by Crippen LogP contribution is -2.11. The van der Waals surface area contributed by atoms with E-state index in [4.69, 9.17) is 4.74 Å². The van der Waals surface area contributed by atoms with Gasteiger partial charge in [-0.3, -0.25) is 4.79 Å². The second kappa shape index (κ2) is 6.89. The van der Waals surface area contributed by atoms with Crippen LogP contribution in [0.25, 0.3) is 10.2 Å². The molecule has 0 aliphatic carbocycles. The van der Waals surface area contributed by atoms with Gasteiger partial charge in [0.05, 0.1) is 16.8 Å². The number of hydrogen-bond donors (Lipinski definition) is 1. The number of rotatable bonds is 6. The average Bonchev–Trinajstić information content (AvgIpc) is 3.13. The molecule has 1 N–H and O–H groups in total. The molecule has 1 amide bonds. The summed E-state index contributed by atoms with van der Waals surface area (Å²) in [5, 5.41) is 7.61. The van der Waals surface area contributed by atoms with Crippen LogP contribution in [0, 0.1) is 0 Å². The lowest BCUT2D eigenvalue weighted by atomic mass is 10.2. The molecule has 3 aromatic rings. The third-order valence-electron chi connectivity index (χ3n) is 3.14. The molecule has 2 heterocycles. The maximum atomic E-state index is 12.0. The molecule has 2 aromatic heterocycles. The zero-order valence-electron chi connectivity index (χ0n) is 12.2. The topological polar surface area (TPSA) is 51.2 Å². The molecule has 3 rings (SSSR count). The van der Waals surface area contributed by atoms with Gasteiger partial charge in [0, 0.05) is 6.42 Å². The Morgan fingerprint density at radius 2 is 2.27 bits per heavy atom. The van der Waals surface area contributed by atoms with Crippen LogP contribution >= 0.6 is 22.7 Å². The fourth-order valence-electron chi connectivity index (χ4n) is 2.09. The second-order valence-electron chi connectivity index (χ2n) is 4.76. The number of hydrogen-bond acceptors (Lipinski definition) is 5. The highest BCUT2D eigenvalue weighted by Crippen LogP contribution is 2.29. The van der Waals surface area contributed by atoms with E-state index in [1.165, 1.54) is 16.9 Å². The van der Waals surface area contributed by atoms with Crippen molar-refractivity contribution in [2.24, 2.45) is 0 Å². The van der Waals surface area contributed by atoms with Gasteiger partial charge in [-0.2, -0.15) is 11.3 Å². The van der Waals surface area contributed by atoms with E-state index in [1.807, 2.05) is 36.6 Å². The summed E-state index contributed by atoms with van der Waals surface area (Å²) in [4.78, 5) is 16.4. The van der Waals surface area contributed by atoms with Gasteiger partial charge in [0.1, 0.15) is 5.75 Å². The number of thiazole rings is 1. The van der Waals surface area contributed by atoms with Gasteiger partial charge in [0.15, 0.2) is 5.13 Å². The molecule has 0 fully saturated rings. The maximum absolute atomic E-state index is 12.0. The van der Waals surface area contributed by atoms with Gasteiger partial charge in [0.2, 0.25) is 5.91 Å². The predicted molar refractivity (Wildman–Crippen MR) is 92.1 cm³/mol. The molecule has 0 bridgehead atoms. The quantitative estimate of drug-likeness (QED) is 0.731. The molecule has 1 aromatic carbocycles. The van der Waals surface area contributed by atoms with Crippen molar-refractivity contribution in [2.45, 2.75) is 19.8 Å². The first-order valence-corrected chi connectivity index (χ1v) is 8.85. The van der Waals surface area contributed by atoms with Gasteiger partial charge in [-0.05, 0) is 53.9 Å². The molecule has 0 radical (unpaired) electrons. The number of amides is 1. The van der Waals surface area contributed by atoms with Gasteiger partial charge >= 0.3 is 0 Å². The standard InChI is InChI=1S/C16H16N2O2S2/c1-2-20-12-4-5-13-14(9-12)22-16(17-13)18-15(19)6-3-11-7-8-21-10-11/h4-5,7-10H,2-3,6H2,1H3,(H,17,18,19). The molecule has 6 heteroatoms. The number of fused-ring (bicyclic) bond motifs is 1. The van der Waals surface area contributed by atoms with E-state index in [0.717, 1.165) is 22.4 Å². The van der Waals surface area contributed by atoms with Crippen molar-refractivity contribution in [3.63, 3.8) is 0 Å². The number of nitrogens with zero attached hydrogens (tertiary/aromatic N) is 1. The number of ether oxygens (including phenoxy) is 1. The Hall–Kier alpha value is -1.92. The third-order valence-corrected chi connectivity index (χ3v) is 4.80. The number of aromatic nitrogens is 1. The van der Waals surface area contributed by atoms with E-state index in [0.29, 0.717) is 18.2 Å². The summed E-state index contributed by atoms with van der Waals surface area (Å²) in [5.41, 5.74) is 2.08. The summed E-state index contributed by atoms with van der Waals surface area (Å²) in [5.74, 6) is 0.823. The minimum absolute atomic E-state index is 0.00436. The molecule has 0 saturated heterocycles. The minimum atomic E-state index is -0.00436. The number of anilines is 1. The molecule has 0 aliphatic heterocycles. The van der Waals surface area contributed by atoms with Crippen LogP contribution in [0.3, 0.4) is 0 Å². The summed E-state index contributed by atoms with van der Waals surface area (Å²) in [6.45, 7) is 2.59. The van der Waals surface area contributed by atoms with Crippen LogP contribution in [0.2, 0.25) is 0 Å². The Morgan fingerprint density at radius 1 is 1.36 bits per heavy atom. The van der Waals surface area contributed by atoms with Gasteiger partial charge in [0.25, 0.3) is 0 Å². The number of aryl methyl sites for hydroxylation is 1. The Bertz CT molecular complexity index is 766. The predicted octanol–water partition coefficient (Wildman–Crippen LogP) is 4.33. The van der Waals surface area contributed by atoms with E-state index < -0.39 is 0 Å². The van der Waals surface area contributed by atoms with Crippen LogP contribution < -0.4 is 10.1 Å². The molecular formula is C16H16N2O2S2. The largest absolute Gasteiger partial charge is 0.494 e. The highest BCUT2D eigenvalue weighted by atomic mass is 32.1. The number of benzene rings is 1. The van der Waals surface area contributed by atoms with E-state index in [9.17, 15) is 4.79 Å². The molecular weight excluding hydrogens is 316 g/mol. The van der Waals surface area contributed by atoms with E-state index in [2.05, 4.69) is 15.7 Å². The number of thiophene rings is 1. The lowest BCUT2D eigenvalue weighted by molar-refractivity contribution is -0.116. The van der Waals surface area contributed by atoms with Crippen LogP contribution in [0.1, 0.15) is 18.9 Å². The third kappa shape index (κ3) is 3.64. The van der Waals surface area contributed by atoms with Crippen LogP contribution in [0.5, 0.6) is 5.75 Å². The summed E-state index contributed by atoms with van der Waals surface area (Å²) >= 11 is 3.12. The second-order valence-corrected chi connectivity index (χ2v) is 6.57. The minimum Gasteiger partial charge on any atom is -0.494 e. The maximum Gasteiger partial charge on any atom is 0.226 e. The van der Waals surface area contributed by atoms with Crippen molar-refractivity contribution in [3.8, 4) is 5.75 Å². The van der Waals surface area contributed by atoms with Gasteiger partial charge in [-0.25, -0.2) is 4.98 Å². The van der Waals surface area contributed by atoms with Crippen molar-refractivity contribution < 1.29 is 9.53 Å². The van der Waals surface area contributed by atoms with Gasteiger partial charge < -0.3 is 10.1 Å². The summed E-state index contributed by atoms with van der Waals surface area (Å²) in [7, 11) is 0. The molecule has 4 nitrogen and oxygen atoms in total. The lowest BCUT2D eigenvalue weighted by Gasteiger charge is -2.00. The van der Waals surface area contributed by atoms with Gasteiger partial charge in [-0.15, -0.1) is 0 Å². The van der Waals surface area contributed by atoms with Crippen LogP contribution in [0.4, 0.5) is 5.13 Å². The Kier molecular flexibility index (Phi) is 4.70. The SMILES string of the molecule is CCOc1ccc2nc(NC(=O)CCc3ccsc3)sc2c1. The van der Waals surface area contributed by atoms with Crippen LogP contribution in [-0.4, -0.2) is 17.5 Å². The summed E-state index contributed by atoms with van der Waals surface area (Å²) in [6, 6.07) is 7.81. The smallest absolute Gasteiger partial charge is 0.226 e. The molecule has 0 atom stereocenters. The monoisotopic (exact) mass is 332 g/mol. The Morgan fingerprint density at radius 3 is 3.05 bits per heavy atom. The molecule has 114 valence electrons. The van der Waals surface area contributed by atoms with Crippen LogP contribution in [-0.2, 0) is 11.2 Å².